The summed E-state index contributed by atoms with van der Waals surface area (Å²) in [6.45, 7) is 0. The molecule has 1 radical (unpaired) electrons. The van der Waals surface area contributed by atoms with Gasteiger partial charge in [0, 0.05) is 41.3 Å². The van der Waals surface area contributed by atoms with E-state index in [4.69, 9.17) is 0 Å². The van der Waals surface area contributed by atoms with Gasteiger partial charge in [0.05, 0.1) is 0 Å². The van der Waals surface area contributed by atoms with E-state index < -0.39 is 0 Å². The predicted molar refractivity (Wildman–Crippen MR) is 34.4 cm³/mol. The van der Waals surface area contributed by atoms with Gasteiger partial charge < -0.3 is 5.32 Å². The molecular formula is C7H10NOPr-. The fourth-order valence-corrected chi connectivity index (χ4v) is 1.75. The number of nitrogens with zero attached hydrogens (tertiary/aromatic N) is 1. The first-order chi connectivity index (χ1) is 4.34. The van der Waals surface area contributed by atoms with Gasteiger partial charge in [0.1, 0.15) is 5.78 Å². The summed E-state index contributed by atoms with van der Waals surface area (Å²) in [6.07, 6.45) is 3.79. The van der Waals surface area contributed by atoms with Gasteiger partial charge in [0.25, 0.3) is 0 Å². The van der Waals surface area contributed by atoms with E-state index in [9.17, 15) is 4.79 Å². The van der Waals surface area contributed by atoms with E-state index >= 15 is 0 Å². The molecule has 2 unspecified atom stereocenters. The zero-order chi connectivity index (χ0) is 6.27. The summed E-state index contributed by atoms with van der Waals surface area (Å²) in [5.74, 6) is 0.428. The Hall–Kier alpha value is 0.994. The Bertz CT molecular complexity index is 135. The Balaban J connectivity index is 0.000000500. The monoisotopic (exact) mass is 265 g/mol. The molecule has 10 heavy (non-hydrogen) atoms. The third-order valence-corrected chi connectivity index (χ3v) is 2.18. The van der Waals surface area contributed by atoms with Crippen molar-refractivity contribution < 1.29 is 46.1 Å². The van der Waals surface area contributed by atoms with E-state index in [2.05, 4.69) is 5.32 Å². The number of Topliss-reactive ketones (excluding diaryl/α,β-unsaturated/α-hetero) is 1. The van der Waals surface area contributed by atoms with Crippen LogP contribution in [0.4, 0.5) is 0 Å². The summed E-state index contributed by atoms with van der Waals surface area (Å²) in [5.41, 5.74) is 0. The molecule has 2 heterocycles. The third kappa shape index (κ3) is 1.77. The molecule has 2 atom stereocenters. The van der Waals surface area contributed by atoms with Crippen LogP contribution in [0.3, 0.4) is 0 Å². The molecule has 0 aromatic heterocycles. The second-order valence-corrected chi connectivity index (χ2v) is 2.98. The number of ketones is 1. The molecule has 2 aliphatic heterocycles. The molecule has 0 amide bonds. The Morgan fingerprint density at radius 1 is 1.20 bits per heavy atom. The molecule has 2 bridgehead atoms. The van der Waals surface area contributed by atoms with Gasteiger partial charge in [-0.2, -0.15) is 0 Å². The van der Waals surface area contributed by atoms with Crippen LogP contribution in [0.1, 0.15) is 25.7 Å². The van der Waals surface area contributed by atoms with Crippen LogP contribution in [-0.4, -0.2) is 17.9 Å². The van der Waals surface area contributed by atoms with Crippen molar-refractivity contribution >= 4 is 5.78 Å². The minimum atomic E-state index is 0. The Kier molecular flexibility index (Phi) is 3.27. The van der Waals surface area contributed by atoms with Gasteiger partial charge in [-0.15, -0.1) is 12.1 Å². The maximum Gasteiger partial charge on any atom is 0.130 e. The minimum absolute atomic E-state index is 0. The smallest absolute Gasteiger partial charge is 0.130 e. The van der Waals surface area contributed by atoms with E-state index in [1.165, 1.54) is 0 Å². The van der Waals surface area contributed by atoms with E-state index in [0.717, 1.165) is 25.7 Å². The van der Waals surface area contributed by atoms with Crippen LogP contribution in [0.25, 0.3) is 5.32 Å². The van der Waals surface area contributed by atoms with Gasteiger partial charge in [-0.3, -0.25) is 4.79 Å². The van der Waals surface area contributed by atoms with Crippen molar-refractivity contribution in [3.8, 4) is 0 Å². The van der Waals surface area contributed by atoms with Crippen molar-refractivity contribution in [1.29, 1.82) is 0 Å². The summed E-state index contributed by atoms with van der Waals surface area (Å²) in [6, 6.07) is 0.826. The van der Waals surface area contributed by atoms with Crippen LogP contribution in [0.2, 0.25) is 0 Å². The topological polar surface area (TPSA) is 31.2 Å². The Morgan fingerprint density at radius 3 is 2.20 bits per heavy atom. The zero-order valence-electron chi connectivity index (χ0n) is 5.92. The third-order valence-electron chi connectivity index (χ3n) is 2.18. The fourth-order valence-electron chi connectivity index (χ4n) is 1.75. The van der Waals surface area contributed by atoms with Crippen molar-refractivity contribution in [1.82, 2.24) is 0 Å². The van der Waals surface area contributed by atoms with Gasteiger partial charge >= 0.3 is 0 Å². The maximum atomic E-state index is 10.9. The molecule has 2 fully saturated rings. The molecule has 0 aliphatic carbocycles. The second-order valence-electron chi connectivity index (χ2n) is 2.98. The SMILES string of the molecule is O=C1CC2CCC(C1)[N-]2.[Pr]. The molecule has 0 saturated carbocycles. The van der Waals surface area contributed by atoms with Crippen LogP contribution in [0.5, 0.6) is 0 Å². The normalized spacial score (nSPS) is 37.4. The average Bonchev–Trinajstić information content (AvgIpc) is 2.11. The molecule has 0 N–H and O–H groups in total. The molecular weight excluding hydrogens is 255 g/mol. The first-order valence-corrected chi connectivity index (χ1v) is 3.56. The molecule has 2 saturated heterocycles. The fraction of sp³-hybridized carbons (Fsp3) is 0.857. The second kappa shape index (κ2) is 3.60. The Labute approximate surface area is 94.1 Å². The minimum Gasteiger partial charge on any atom is -0.656 e. The summed E-state index contributed by atoms with van der Waals surface area (Å²) in [4.78, 5) is 10.9. The zero-order valence-corrected chi connectivity index (χ0v) is 9.62. The summed E-state index contributed by atoms with van der Waals surface area (Å²) in [7, 11) is 0. The maximum absolute atomic E-state index is 10.9. The molecule has 53 valence electrons. The van der Waals surface area contributed by atoms with Crippen molar-refractivity contribution in [3.05, 3.63) is 5.32 Å². The largest absolute Gasteiger partial charge is 0.656 e. The quantitative estimate of drug-likeness (QED) is 0.648. The van der Waals surface area contributed by atoms with Crippen molar-refractivity contribution in [2.75, 3.05) is 0 Å². The number of fused-ring (bicyclic) bond motifs is 2. The molecule has 3 heteroatoms. The van der Waals surface area contributed by atoms with Crippen LogP contribution in [-0.2, 0) is 4.79 Å². The number of hydrogen-bond donors (Lipinski definition) is 0. The summed E-state index contributed by atoms with van der Waals surface area (Å²) >= 11 is 0. The van der Waals surface area contributed by atoms with Gasteiger partial charge in [-0.1, -0.05) is 12.8 Å². The van der Waals surface area contributed by atoms with Gasteiger partial charge in [-0.25, -0.2) is 0 Å². The van der Waals surface area contributed by atoms with Gasteiger partial charge in [0.15, 0.2) is 0 Å². The van der Waals surface area contributed by atoms with E-state index in [-0.39, 0.29) is 41.3 Å². The molecule has 0 aromatic rings. The first kappa shape index (κ1) is 9.08. The first-order valence-electron chi connectivity index (χ1n) is 3.56. The number of rotatable bonds is 0. The molecule has 0 spiro atoms. The van der Waals surface area contributed by atoms with E-state index in [1.54, 1.807) is 0 Å². The van der Waals surface area contributed by atoms with Crippen LogP contribution < -0.4 is 0 Å². The summed E-state index contributed by atoms with van der Waals surface area (Å²) < 4.78 is 0. The predicted octanol–water partition coefficient (Wildman–Crippen LogP) is 1.25. The van der Waals surface area contributed by atoms with Crippen molar-refractivity contribution in [2.24, 2.45) is 0 Å². The van der Waals surface area contributed by atoms with Gasteiger partial charge in [0.2, 0.25) is 0 Å². The number of carbonyl (C=O) groups excluding carboxylic acids is 1. The number of carbonyl (C=O) groups is 1. The van der Waals surface area contributed by atoms with Crippen LogP contribution >= 0.6 is 0 Å². The number of hydrogen-bond acceptors (Lipinski definition) is 1. The molecule has 2 nitrogen and oxygen atoms in total. The van der Waals surface area contributed by atoms with E-state index in [1.807, 2.05) is 0 Å². The molecule has 2 aliphatic rings. The summed E-state index contributed by atoms with van der Waals surface area (Å²) in [5, 5.41) is 4.42. The van der Waals surface area contributed by atoms with E-state index in [0.29, 0.717) is 17.9 Å². The van der Waals surface area contributed by atoms with Crippen molar-refractivity contribution in [2.45, 2.75) is 37.8 Å². The molecule has 0 aromatic carbocycles. The van der Waals surface area contributed by atoms with Crippen molar-refractivity contribution in [3.63, 3.8) is 0 Å². The average molecular weight is 265 g/mol. The standard InChI is InChI=1S/C7H10NO.Pr/c9-7-3-5-1-2-6(4-7)8-5;/h5-6H,1-4H2;/q-1;. The van der Waals surface area contributed by atoms with Gasteiger partial charge in [-0.05, 0) is 12.8 Å². The van der Waals surface area contributed by atoms with Crippen LogP contribution in [0, 0.1) is 41.3 Å². The molecule has 2 rings (SSSR count). The Morgan fingerprint density at radius 2 is 1.70 bits per heavy atom. The number of piperidine rings is 1. The van der Waals surface area contributed by atoms with Crippen LogP contribution in [0.15, 0.2) is 0 Å².